The second kappa shape index (κ2) is 21.4. The number of alkyl halides is 6. The maximum Gasteiger partial charge on any atom is 0.409 e. The highest BCUT2D eigenvalue weighted by Crippen LogP contribution is 2.28. The lowest BCUT2D eigenvalue weighted by atomic mass is 10.3. The van der Waals surface area contributed by atoms with E-state index >= 15 is 0 Å². The minimum absolute atomic E-state index is 0.0530. The van der Waals surface area contributed by atoms with Gasteiger partial charge >= 0.3 is 12.4 Å². The summed E-state index contributed by atoms with van der Waals surface area (Å²) >= 11 is 13.4. The Bertz CT molecular complexity index is 1690. The van der Waals surface area contributed by atoms with E-state index in [1.165, 1.54) is 9.58 Å². The van der Waals surface area contributed by atoms with Crippen molar-refractivity contribution in [3.63, 3.8) is 0 Å². The highest BCUT2D eigenvalue weighted by Gasteiger charge is 2.26. The molecular weight excluding hydrogens is 757 g/mol. The van der Waals surface area contributed by atoms with Crippen LogP contribution in [-0.2, 0) is 9.59 Å². The smallest absolute Gasteiger partial charge is 0.309 e. The van der Waals surface area contributed by atoms with Gasteiger partial charge < -0.3 is 9.80 Å². The van der Waals surface area contributed by atoms with Crippen LogP contribution >= 0.6 is 35.0 Å². The van der Waals surface area contributed by atoms with E-state index < -0.39 is 18.8 Å². The van der Waals surface area contributed by atoms with Crippen LogP contribution in [0, 0.1) is 0 Å². The first-order chi connectivity index (χ1) is 24.5. The monoisotopic (exact) mass is 794 g/mol. The van der Waals surface area contributed by atoms with Crippen molar-refractivity contribution < 1.29 is 35.9 Å². The fraction of sp³-hybridized carbons (Fsp3) is 0.394. The van der Waals surface area contributed by atoms with Gasteiger partial charge in [0.1, 0.15) is 11.4 Å². The Kier molecular flexibility index (Phi) is 18.2. The van der Waals surface area contributed by atoms with Crippen LogP contribution in [0.2, 0.25) is 10.3 Å². The molecule has 4 rings (SSSR count). The van der Waals surface area contributed by atoms with Crippen molar-refractivity contribution in [1.82, 2.24) is 29.5 Å². The van der Waals surface area contributed by atoms with E-state index in [2.05, 4.69) is 26.7 Å². The van der Waals surface area contributed by atoms with Crippen molar-refractivity contribution in [3.8, 4) is 11.4 Å². The van der Waals surface area contributed by atoms with Gasteiger partial charge in [0.2, 0.25) is 11.8 Å². The third-order valence-corrected chi connectivity index (χ3v) is 8.15. The average molecular weight is 796 g/mol. The molecule has 0 spiro atoms. The Balaban J connectivity index is 0.000000319. The van der Waals surface area contributed by atoms with Crippen molar-refractivity contribution in [2.24, 2.45) is 0 Å². The molecule has 52 heavy (non-hydrogen) atoms. The molecule has 0 aliphatic heterocycles. The van der Waals surface area contributed by atoms with Crippen molar-refractivity contribution >= 4 is 58.2 Å². The summed E-state index contributed by atoms with van der Waals surface area (Å²) in [5, 5.41) is 8.92. The number of hydrogen-bond donors (Lipinski definition) is 0. The summed E-state index contributed by atoms with van der Waals surface area (Å²) < 4.78 is 71.5. The fourth-order valence-electron chi connectivity index (χ4n) is 4.19. The quantitative estimate of drug-likeness (QED) is 0.0756. The third-order valence-electron chi connectivity index (χ3n) is 6.63. The molecule has 0 bridgehead atoms. The summed E-state index contributed by atoms with van der Waals surface area (Å²) in [5.41, 5.74) is 2.60. The standard InChI is InChI=1S/C16H18ClF3N4OS.C14H17ClN4O.C3H3F3/c1-2-23(14(25)5-8-26-9-6-16(18,19)20)13-11-24(22-15(13)17)12-4-3-7-21-10-12;1-3-6-13(20)18(4-2)12-10-19(17-14(12)15)11-7-5-8-16-9-11;1-2-3(4,5)6/h3-4,7,10-11H,2,5-6,8-9H2,1H3;5,7-10H,3-4,6H2,1-2H3;2H,1H2. The second-order valence-corrected chi connectivity index (χ2v) is 12.4. The number of thioether (sulfide) groups is 1. The SMILES string of the molecule is C=CC(F)(F)F.CCCC(=O)N(CC)c1cn(-c2cccnc2)nc1Cl.CCN(C(=O)CCSCCC(F)(F)F)c1cn(-c2cccnc2)nc1Cl. The molecule has 0 unspecified atom stereocenters. The largest absolute Gasteiger partial charge is 0.409 e. The minimum Gasteiger partial charge on any atom is -0.309 e. The topological polar surface area (TPSA) is 102 Å². The lowest BCUT2D eigenvalue weighted by molar-refractivity contribution is -0.129. The van der Waals surface area contributed by atoms with Crippen molar-refractivity contribution in [2.45, 2.75) is 58.8 Å². The van der Waals surface area contributed by atoms with Gasteiger partial charge in [0.15, 0.2) is 10.3 Å². The highest BCUT2D eigenvalue weighted by atomic mass is 35.5. The van der Waals surface area contributed by atoms with Crippen LogP contribution in [0.1, 0.15) is 46.5 Å². The van der Waals surface area contributed by atoms with E-state index in [9.17, 15) is 35.9 Å². The summed E-state index contributed by atoms with van der Waals surface area (Å²) in [6.45, 7) is 9.15. The van der Waals surface area contributed by atoms with Crippen LogP contribution in [0.5, 0.6) is 0 Å². The van der Waals surface area contributed by atoms with Crippen LogP contribution in [0.25, 0.3) is 11.4 Å². The molecule has 0 radical (unpaired) electrons. The van der Waals surface area contributed by atoms with E-state index in [-0.39, 0.29) is 35.2 Å². The van der Waals surface area contributed by atoms with Crippen LogP contribution in [0.4, 0.5) is 37.7 Å². The molecule has 4 aromatic heterocycles. The van der Waals surface area contributed by atoms with Crippen molar-refractivity contribution in [1.29, 1.82) is 0 Å². The number of hydrogen-bond acceptors (Lipinski definition) is 7. The molecule has 0 aromatic carbocycles. The summed E-state index contributed by atoms with van der Waals surface area (Å²) in [6, 6.07) is 7.26. The van der Waals surface area contributed by atoms with Gasteiger partial charge in [-0.15, -0.1) is 0 Å². The third kappa shape index (κ3) is 14.9. The number of rotatable bonds is 13. The van der Waals surface area contributed by atoms with E-state index in [1.54, 1.807) is 65.8 Å². The van der Waals surface area contributed by atoms with Gasteiger partial charge in [0, 0.05) is 55.9 Å². The van der Waals surface area contributed by atoms with Gasteiger partial charge in [-0.2, -0.15) is 48.3 Å². The zero-order chi connectivity index (χ0) is 38.9. The number of carbonyl (C=O) groups excluding carboxylic acids is 2. The zero-order valence-electron chi connectivity index (χ0n) is 28.5. The van der Waals surface area contributed by atoms with Crippen molar-refractivity contribution in [2.75, 3.05) is 34.4 Å². The van der Waals surface area contributed by atoms with Crippen LogP contribution in [0.15, 0.2) is 74.1 Å². The number of nitrogens with zero attached hydrogens (tertiary/aromatic N) is 8. The summed E-state index contributed by atoms with van der Waals surface area (Å²) in [7, 11) is 0. The molecule has 0 aliphatic rings. The second-order valence-electron chi connectivity index (χ2n) is 10.4. The van der Waals surface area contributed by atoms with Gasteiger partial charge in [0.05, 0.1) is 42.6 Å². The molecule has 0 N–H and O–H groups in total. The molecule has 2 amide bonds. The average Bonchev–Trinajstić information content (AvgIpc) is 3.68. The van der Waals surface area contributed by atoms with Crippen LogP contribution in [0.3, 0.4) is 0 Å². The summed E-state index contributed by atoms with van der Waals surface area (Å²) in [4.78, 5) is 35.7. The Hall–Kier alpha value is -4.09. The molecule has 10 nitrogen and oxygen atoms in total. The molecule has 0 saturated heterocycles. The Morgan fingerprint density at radius 3 is 1.60 bits per heavy atom. The Morgan fingerprint density at radius 1 is 0.808 bits per heavy atom. The molecule has 0 aliphatic carbocycles. The Labute approximate surface area is 311 Å². The molecule has 0 atom stereocenters. The molecule has 4 heterocycles. The normalized spacial score (nSPS) is 11.1. The van der Waals surface area contributed by atoms with Gasteiger partial charge in [-0.3, -0.25) is 19.6 Å². The summed E-state index contributed by atoms with van der Waals surface area (Å²) in [6.07, 6.45) is 2.19. The number of carbonyl (C=O) groups is 2. The lowest BCUT2D eigenvalue weighted by Crippen LogP contribution is -2.30. The maximum absolute atomic E-state index is 12.4. The van der Waals surface area contributed by atoms with E-state index in [0.29, 0.717) is 47.5 Å². The van der Waals surface area contributed by atoms with E-state index in [1.807, 2.05) is 26.0 Å². The number of pyridine rings is 2. The first-order valence-corrected chi connectivity index (χ1v) is 17.7. The number of amides is 2. The molecule has 4 aromatic rings. The minimum atomic E-state index is -4.19. The van der Waals surface area contributed by atoms with Gasteiger partial charge in [-0.05, 0) is 44.5 Å². The maximum atomic E-state index is 12.4. The predicted octanol–water partition coefficient (Wildman–Crippen LogP) is 9.16. The fourth-order valence-corrected chi connectivity index (χ4v) is 5.55. The molecule has 0 fully saturated rings. The zero-order valence-corrected chi connectivity index (χ0v) is 30.9. The van der Waals surface area contributed by atoms with E-state index in [4.69, 9.17) is 23.2 Å². The number of anilines is 2. The van der Waals surface area contributed by atoms with Gasteiger partial charge in [-0.25, -0.2) is 9.36 Å². The summed E-state index contributed by atoms with van der Waals surface area (Å²) in [5.74, 6) is 0.116. The Morgan fingerprint density at radius 2 is 1.25 bits per heavy atom. The van der Waals surface area contributed by atoms with Crippen molar-refractivity contribution in [3.05, 3.63) is 84.4 Å². The first kappa shape index (κ1) is 44.1. The lowest BCUT2D eigenvalue weighted by Gasteiger charge is -2.19. The number of aromatic nitrogens is 6. The van der Waals surface area contributed by atoms with Crippen LogP contribution in [-0.4, -0.2) is 78.3 Å². The van der Waals surface area contributed by atoms with Gasteiger partial charge in [-0.1, -0.05) is 36.7 Å². The van der Waals surface area contributed by atoms with Gasteiger partial charge in [0.25, 0.3) is 0 Å². The van der Waals surface area contributed by atoms with Crippen LogP contribution < -0.4 is 9.80 Å². The number of allylic oxidation sites excluding steroid dienone is 1. The molecule has 19 heteroatoms. The highest BCUT2D eigenvalue weighted by molar-refractivity contribution is 7.99. The molecule has 284 valence electrons. The van der Waals surface area contributed by atoms with E-state index in [0.717, 1.165) is 23.9 Å². The first-order valence-electron chi connectivity index (χ1n) is 15.8. The molecular formula is C33H38Cl2F6N8O2S. The molecule has 0 saturated carbocycles. The predicted molar refractivity (Wildman–Crippen MR) is 193 cm³/mol. The number of halogens is 8.